The largest absolute Gasteiger partial charge is 0.507 e. The van der Waals surface area contributed by atoms with Crippen LogP contribution in [0.2, 0.25) is 0 Å². The first-order valence-corrected chi connectivity index (χ1v) is 12.7. The van der Waals surface area contributed by atoms with Crippen molar-refractivity contribution in [3.05, 3.63) is 125 Å². The minimum absolute atomic E-state index is 0.138. The maximum Gasteiger partial charge on any atom is 0.295 e. The molecular formula is C31H28FN3O4. The number of aliphatic hydroxyl groups is 1. The van der Waals surface area contributed by atoms with Crippen LogP contribution in [-0.4, -0.2) is 37.8 Å². The van der Waals surface area contributed by atoms with Crippen LogP contribution in [0.4, 0.5) is 4.39 Å². The normalized spacial score (nSPS) is 16.6. The summed E-state index contributed by atoms with van der Waals surface area (Å²) in [5.74, 6) is -1.95. The van der Waals surface area contributed by atoms with Gasteiger partial charge in [-0.3, -0.25) is 9.59 Å². The summed E-state index contributed by atoms with van der Waals surface area (Å²) in [6.07, 6.45) is 5.64. The predicted molar refractivity (Wildman–Crippen MR) is 144 cm³/mol. The molecular weight excluding hydrogens is 497 g/mol. The van der Waals surface area contributed by atoms with Crippen molar-refractivity contribution in [3.8, 4) is 5.75 Å². The zero-order valence-electron chi connectivity index (χ0n) is 21.5. The van der Waals surface area contributed by atoms with Crippen LogP contribution in [0.3, 0.4) is 0 Å². The Bertz CT molecular complexity index is 1510. The van der Waals surface area contributed by atoms with Gasteiger partial charge in [-0.15, -0.1) is 0 Å². The zero-order chi connectivity index (χ0) is 27.4. The molecule has 0 aliphatic carbocycles. The van der Waals surface area contributed by atoms with Gasteiger partial charge in [0.1, 0.15) is 23.9 Å². The fraction of sp³-hybridized carbons (Fsp3) is 0.194. The number of nitrogens with zero attached hydrogens (tertiary/aromatic N) is 3. The van der Waals surface area contributed by atoms with Gasteiger partial charge in [-0.25, -0.2) is 9.37 Å². The molecule has 8 heteroatoms. The zero-order valence-corrected chi connectivity index (χ0v) is 21.5. The van der Waals surface area contributed by atoms with Gasteiger partial charge < -0.3 is 19.3 Å². The van der Waals surface area contributed by atoms with E-state index in [4.69, 9.17) is 4.74 Å². The number of carbonyl (C=O) groups is 2. The van der Waals surface area contributed by atoms with Crippen LogP contribution in [-0.2, 0) is 22.7 Å². The van der Waals surface area contributed by atoms with Crippen LogP contribution in [0.5, 0.6) is 5.75 Å². The Morgan fingerprint density at radius 3 is 2.46 bits per heavy atom. The van der Waals surface area contributed by atoms with E-state index >= 15 is 0 Å². The van der Waals surface area contributed by atoms with Gasteiger partial charge >= 0.3 is 0 Å². The summed E-state index contributed by atoms with van der Waals surface area (Å²) in [5.41, 5.74) is 2.52. The average molecular weight is 526 g/mol. The highest BCUT2D eigenvalue weighted by Crippen LogP contribution is 2.40. The summed E-state index contributed by atoms with van der Waals surface area (Å²) >= 11 is 0. The number of ether oxygens (including phenoxy) is 1. The molecule has 2 heterocycles. The van der Waals surface area contributed by atoms with Gasteiger partial charge in [-0.2, -0.15) is 0 Å². The molecule has 1 aliphatic heterocycles. The van der Waals surface area contributed by atoms with E-state index in [9.17, 15) is 19.1 Å². The number of hydrogen-bond donors (Lipinski definition) is 1. The lowest BCUT2D eigenvalue weighted by molar-refractivity contribution is -0.140. The number of rotatable bonds is 9. The van der Waals surface area contributed by atoms with Crippen molar-refractivity contribution in [2.75, 3.05) is 6.54 Å². The third kappa shape index (κ3) is 5.45. The molecule has 1 unspecified atom stereocenters. The summed E-state index contributed by atoms with van der Waals surface area (Å²) in [4.78, 5) is 31.7. The van der Waals surface area contributed by atoms with Gasteiger partial charge in [0.05, 0.1) is 17.9 Å². The lowest BCUT2D eigenvalue weighted by atomic mass is 9.95. The highest BCUT2D eigenvalue weighted by molar-refractivity contribution is 6.46. The number of aryl methyl sites for hydroxylation is 2. The third-order valence-corrected chi connectivity index (χ3v) is 6.90. The number of carbonyl (C=O) groups excluding carboxylic acids is 2. The quantitative estimate of drug-likeness (QED) is 0.179. The van der Waals surface area contributed by atoms with Gasteiger partial charge in [0.2, 0.25) is 0 Å². The molecule has 1 fully saturated rings. The second-order valence-electron chi connectivity index (χ2n) is 9.41. The molecule has 1 saturated heterocycles. The predicted octanol–water partition coefficient (Wildman–Crippen LogP) is 5.42. The number of benzene rings is 3. The van der Waals surface area contributed by atoms with Crippen LogP contribution in [0.15, 0.2) is 97.1 Å². The van der Waals surface area contributed by atoms with Crippen LogP contribution in [0.25, 0.3) is 5.76 Å². The maximum atomic E-state index is 15.0. The Balaban J connectivity index is 1.42. The topological polar surface area (TPSA) is 84.7 Å². The van der Waals surface area contributed by atoms with Crippen molar-refractivity contribution in [2.24, 2.45) is 0 Å². The van der Waals surface area contributed by atoms with Crippen LogP contribution < -0.4 is 4.74 Å². The molecule has 1 amide bonds. The van der Waals surface area contributed by atoms with Crippen LogP contribution in [0.1, 0.15) is 34.7 Å². The highest BCUT2D eigenvalue weighted by Gasteiger charge is 2.46. The Morgan fingerprint density at radius 1 is 1.00 bits per heavy atom. The number of ketones is 1. The second kappa shape index (κ2) is 11.3. The van der Waals surface area contributed by atoms with E-state index < -0.39 is 23.5 Å². The molecule has 3 aromatic carbocycles. The number of amides is 1. The SMILES string of the molecule is Cc1ccccc1COc1ccc(/C(O)=C2\C(=O)C(=O)N(CCCn3ccnc3)C2c2ccccc2F)cc1. The maximum absolute atomic E-state index is 15.0. The third-order valence-electron chi connectivity index (χ3n) is 6.90. The molecule has 1 N–H and O–H groups in total. The van der Waals surface area contributed by atoms with Crippen LogP contribution >= 0.6 is 0 Å². The Labute approximate surface area is 225 Å². The summed E-state index contributed by atoms with van der Waals surface area (Å²) in [5, 5.41) is 11.3. The molecule has 0 radical (unpaired) electrons. The Morgan fingerprint density at radius 2 is 1.74 bits per heavy atom. The van der Waals surface area contributed by atoms with Gasteiger partial charge in [0, 0.05) is 36.6 Å². The summed E-state index contributed by atoms with van der Waals surface area (Å²) in [6, 6.07) is 19.5. The van der Waals surface area contributed by atoms with E-state index in [-0.39, 0.29) is 23.4 Å². The number of aliphatic hydroxyl groups excluding tert-OH is 1. The number of aromatic nitrogens is 2. The van der Waals surface area contributed by atoms with Gasteiger partial charge in [-0.05, 0) is 54.8 Å². The van der Waals surface area contributed by atoms with Crippen molar-refractivity contribution >= 4 is 17.4 Å². The van der Waals surface area contributed by atoms with Crippen molar-refractivity contribution in [2.45, 2.75) is 32.5 Å². The number of hydrogen-bond acceptors (Lipinski definition) is 5. The first-order chi connectivity index (χ1) is 18.9. The lowest BCUT2D eigenvalue weighted by Crippen LogP contribution is -2.31. The van der Waals surface area contributed by atoms with Crippen molar-refractivity contribution < 1.29 is 23.8 Å². The molecule has 1 aliphatic rings. The van der Waals surface area contributed by atoms with Crippen molar-refractivity contribution in [1.82, 2.24) is 14.5 Å². The average Bonchev–Trinajstić information content (AvgIpc) is 3.55. The molecule has 0 saturated carbocycles. The molecule has 5 rings (SSSR count). The summed E-state index contributed by atoms with van der Waals surface area (Å²) in [7, 11) is 0. The highest BCUT2D eigenvalue weighted by atomic mass is 19.1. The molecule has 1 aromatic heterocycles. The standard InChI is InChI=1S/C31H28FN3O4/c1-21-7-2-3-8-23(21)19-39-24-13-11-22(12-14-24)29(36)27-28(25-9-4-5-10-26(25)32)35(31(38)30(27)37)17-6-16-34-18-15-33-20-34/h2-5,7-15,18,20,28,36H,6,16-17,19H2,1H3/b29-27+. The van der Waals surface area contributed by atoms with E-state index in [0.717, 1.165) is 11.1 Å². The fourth-order valence-corrected chi connectivity index (χ4v) is 4.77. The molecule has 7 nitrogen and oxygen atoms in total. The fourth-order valence-electron chi connectivity index (χ4n) is 4.77. The monoisotopic (exact) mass is 525 g/mol. The first kappa shape index (κ1) is 25.9. The molecule has 39 heavy (non-hydrogen) atoms. The molecule has 198 valence electrons. The number of imidazole rings is 1. The van der Waals surface area contributed by atoms with Gasteiger partial charge in [0.15, 0.2) is 0 Å². The number of halogens is 1. The minimum atomic E-state index is -1.05. The van der Waals surface area contributed by atoms with Crippen LogP contribution in [0, 0.1) is 12.7 Å². The second-order valence-corrected chi connectivity index (χ2v) is 9.41. The van der Waals surface area contributed by atoms with E-state index in [1.807, 2.05) is 35.8 Å². The van der Waals surface area contributed by atoms with Gasteiger partial charge in [0.25, 0.3) is 11.7 Å². The Hall–Kier alpha value is -4.72. The smallest absolute Gasteiger partial charge is 0.295 e. The van der Waals surface area contributed by atoms with E-state index in [1.54, 1.807) is 55.1 Å². The molecule has 0 spiro atoms. The summed E-state index contributed by atoms with van der Waals surface area (Å²) in [6.45, 7) is 3.16. The van der Waals surface area contributed by atoms with Crippen molar-refractivity contribution in [3.63, 3.8) is 0 Å². The Kier molecular flexibility index (Phi) is 7.54. The molecule has 0 bridgehead atoms. The van der Waals surface area contributed by atoms with Crippen molar-refractivity contribution in [1.29, 1.82) is 0 Å². The number of Topliss-reactive ketones (excluding diaryl/α,β-unsaturated/α-hetero) is 1. The molecule has 1 atom stereocenters. The van der Waals surface area contributed by atoms with E-state index in [1.165, 1.54) is 17.0 Å². The van der Waals surface area contributed by atoms with E-state index in [2.05, 4.69) is 4.98 Å². The van der Waals surface area contributed by atoms with Gasteiger partial charge in [-0.1, -0.05) is 42.5 Å². The lowest BCUT2D eigenvalue weighted by Gasteiger charge is -2.25. The minimum Gasteiger partial charge on any atom is -0.507 e. The summed E-state index contributed by atoms with van der Waals surface area (Å²) < 4.78 is 22.7. The van der Waals surface area contributed by atoms with E-state index in [0.29, 0.717) is 30.9 Å². The number of likely N-dealkylation sites (tertiary alicyclic amines) is 1. The molecule has 4 aromatic rings. The first-order valence-electron chi connectivity index (χ1n) is 12.7.